The van der Waals surface area contributed by atoms with Gasteiger partial charge < -0.3 is 5.73 Å². The third kappa shape index (κ3) is 1.74. The van der Waals surface area contributed by atoms with Crippen LogP contribution in [0.3, 0.4) is 0 Å². The topological polar surface area (TPSA) is 54.7 Å². The Balaban J connectivity index is 2.50. The van der Waals surface area contributed by atoms with E-state index in [0.29, 0.717) is 0 Å². The van der Waals surface area contributed by atoms with E-state index in [-0.39, 0.29) is 6.04 Å². The van der Waals surface area contributed by atoms with Crippen LogP contribution in [0, 0.1) is 0 Å². The normalized spacial score (nSPS) is 13.4. The molecule has 0 saturated carbocycles. The molecular formula is C10H12ClN3. The van der Waals surface area contributed by atoms with Crippen molar-refractivity contribution >= 4 is 22.5 Å². The van der Waals surface area contributed by atoms with Crippen molar-refractivity contribution in [2.45, 2.75) is 19.4 Å². The Kier molecular flexibility index (Phi) is 2.44. The lowest BCUT2D eigenvalue weighted by molar-refractivity contribution is 0.722. The van der Waals surface area contributed by atoms with E-state index in [1.165, 1.54) is 0 Å². The molecule has 1 aromatic heterocycles. The molecule has 2 aromatic rings. The van der Waals surface area contributed by atoms with Crippen LogP contribution in [0.2, 0.25) is 5.02 Å². The fraction of sp³-hybridized carbons (Fsp3) is 0.300. The second-order valence-corrected chi connectivity index (χ2v) is 3.98. The van der Waals surface area contributed by atoms with E-state index in [1.807, 2.05) is 25.1 Å². The number of nitrogens with one attached hydrogen (secondary N) is 1. The highest BCUT2D eigenvalue weighted by molar-refractivity contribution is 6.31. The Labute approximate surface area is 87.2 Å². The van der Waals surface area contributed by atoms with Crippen molar-refractivity contribution in [2.24, 2.45) is 5.73 Å². The second kappa shape index (κ2) is 3.59. The van der Waals surface area contributed by atoms with Crippen LogP contribution in [-0.2, 0) is 6.42 Å². The van der Waals surface area contributed by atoms with Crippen LogP contribution >= 0.6 is 11.6 Å². The van der Waals surface area contributed by atoms with Crippen LogP contribution in [0.1, 0.15) is 12.6 Å². The van der Waals surface area contributed by atoms with Crippen molar-refractivity contribution in [1.29, 1.82) is 0 Å². The number of halogens is 1. The van der Waals surface area contributed by atoms with E-state index in [1.54, 1.807) is 0 Å². The number of H-pyrrole nitrogens is 1. The number of nitrogens with two attached hydrogens (primary N) is 1. The first-order valence-corrected chi connectivity index (χ1v) is 4.92. The summed E-state index contributed by atoms with van der Waals surface area (Å²) in [5.41, 5.74) is 7.72. The van der Waals surface area contributed by atoms with Gasteiger partial charge in [-0.15, -0.1) is 0 Å². The first-order chi connectivity index (χ1) is 6.66. The lowest BCUT2D eigenvalue weighted by atomic mass is 10.1. The van der Waals surface area contributed by atoms with Crippen molar-refractivity contribution in [3.8, 4) is 0 Å². The highest BCUT2D eigenvalue weighted by atomic mass is 35.5. The minimum atomic E-state index is 0.123. The molecule has 0 aliphatic rings. The number of benzene rings is 1. The molecule has 1 atom stereocenters. The first-order valence-electron chi connectivity index (χ1n) is 4.55. The fourth-order valence-corrected chi connectivity index (χ4v) is 1.69. The smallest absolute Gasteiger partial charge is 0.0924 e. The monoisotopic (exact) mass is 209 g/mol. The minimum absolute atomic E-state index is 0.123. The molecule has 1 aromatic carbocycles. The van der Waals surface area contributed by atoms with Crippen LogP contribution in [0.15, 0.2) is 18.2 Å². The summed E-state index contributed by atoms with van der Waals surface area (Å²) < 4.78 is 0. The summed E-state index contributed by atoms with van der Waals surface area (Å²) in [6.45, 7) is 1.97. The number of aromatic amines is 1. The van der Waals surface area contributed by atoms with Crippen LogP contribution in [0.25, 0.3) is 10.9 Å². The van der Waals surface area contributed by atoms with E-state index in [9.17, 15) is 0 Å². The minimum Gasteiger partial charge on any atom is -0.328 e. The molecule has 4 heteroatoms. The average Bonchev–Trinajstić information content (AvgIpc) is 2.47. The zero-order valence-electron chi connectivity index (χ0n) is 7.92. The molecule has 2 rings (SSSR count). The number of hydrogen-bond donors (Lipinski definition) is 2. The Morgan fingerprint density at radius 2 is 2.36 bits per heavy atom. The Morgan fingerprint density at radius 3 is 3.07 bits per heavy atom. The van der Waals surface area contributed by atoms with Gasteiger partial charge in [-0.05, 0) is 25.1 Å². The zero-order chi connectivity index (χ0) is 10.1. The van der Waals surface area contributed by atoms with Gasteiger partial charge in [0.25, 0.3) is 0 Å². The van der Waals surface area contributed by atoms with Gasteiger partial charge in [0.1, 0.15) is 0 Å². The predicted molar refractivity (Wildman–Crippen MR) is 58.5 cm³/mol. The zero-order valence-corrected chi connectivity index (χ0v) is 8.67. The third-order valence-electron chi connectivity index (χ3n) is 2.12. The van der Waals surface area contributed by atoms with Crippen LogP contribution in [-0.4, -0.2) is 16.2 Å². The molecule has 3 N–H and O–H groups in total. The summed E-state index contributed by atoms with van der Waals surface area (Å²) in [5.74, 6) is 0. The summed E-state index contributed by atoms with van der Waals surface area (Å²) >= 11 is 5.91. The van der Waals surface area contributed by atoms with Crippen LogP contribution in [0.5, 0.6) is 0 Å². The lowest BCUT2D eigenvalue weighted by Gasteiger charge is -2.02. The molecule has 0 bridgehead atoms. The predicted octanol–water partition coefficient (Wildman–Crippen LogP) is 2.11. The van der Waals surface area contributed by atoms with E-state index in [2.05, 4.69) is 10.2 Å². The number of fused-ring (bicyclic) bond motifs is 1. The maximum atomic E-state index is 5.91. The van der Waals surface area contributed by atoms with Crippen molar-refractivity contribution in [3.05, 3.63) is 28.9 Å². The van der Waals surface area contributed by atoms with Crippen molar-refractivity contribution < 1.29 is 0 Å². The van der Waals surface area contributed by atoms with Gasteiger partial charge >= 0.3 is 0 Å². The molecule has 14 heavy (non-hydrogen) atoms. The summed E-state index contributed by atoms with van der Waals surface area (Å²) in [6.07, 6.45) is 0.789. The molecule has 0 saturated heterocycles. The molecule has 0 fully saturated rings. The van der Waals surface area contributed by atoms with Crippen molar-refractivity contribution in [2.75, 3.05) is 0 Å². The van der Waals surface area contributed by atoms with Crippen LogP contribution < -0.4 is 5.73 Å². The van der Waals surface area contributed by atoms with E-state index in [0.717, 1.165) is 28.0 Å². The Morgan fingerprint density at radius 1 is 1.57 bits per heavy atom. The van der Waals surface area contributed by atoms with E-state index >= 15 is 0 Å². The van der Waals surface area contributed by atoms with Gasteiger partial charge in [0, 0.05) is 28.6 Å². The van der Waals surface area contributed by atoms with E-state index < -0.39 is 0 Å². The molecule has 0 aliphatic carbocycles. The second-order valence-electron chi connectivity index (χ2n) is 3.55. The SMILES string of the molecule is C[C@H](N)Cc1[nH]nc2ccc(Cl)cc12. The molecule has 0 radical (unpaired) electrons. The fourth-order valence-electron chi connectivity index (χ4n) is 1.51. The summed E-state index contributed by atoms with van der Waals surface area (Å²) in [4.78, 5) is 0. The average molecular weight is 210 g/mol. The molecule has 0 unspecified atom stereocenters. The number of rotatable bonds is 2. The maximum absolute atomic E-state index is 5.91. The molecule has 1 heterocycles. The largest absolute Gasteiger partial charge is 0.328 e. The number of aromatic nitrogens is 2. The molecule has 0 spiro atoms. The van der Waals surface area contributed by atoms with Crippen molar-refractivity contribution in [1.82, 2.24) is 10.2 Å². The molecule has 0 aliphatic heterocycles. The van der Waals surface area contributed by atoms with Gasteiger partial charge in [-0.2, -0.15) is 5.10 Å². The Hall–Kier alpha value is -1.06. The maximum Gasteiger partial charge on any atom is 0.0924 e. The molecule has 0 amide bonds. The van der Waals surface area contributed by atoms with Crippen molar-refractivity contribution in [3.63, 3.8) is 0 Å². The highest BCUT2D eigenvalue weighted by Gasteiger charge is 2.07. The van der Waals surface area contributed by atoms with Gasteiger partial charge in [0.15, 0.2) is 0 Å². The van der Waals surface area contributed by atoms with Gasteiger partial charge in [-0.1, -0.05) is 11.6 Å². The summed E-state index contributed by atoms with van der Waals surface area (Å²) in [6, 6.07) is 5.77. The Bertz CT molecular complexity index is 448. The highest BCUT2D eigenvalue weighted by Crippen LogP contribution is 2.21. The van der Waals surface area contributed by atoms with Gasteiger partial charge in [-0.3, -0.25) is 5.10 Å². The standard InChI is InChI=1S/C10H12ClN3/c1-6(12)4-10-8-5-7(11)2-3-9(8)13-14-10/h2-3,5-6H,4,12H2,1H3,(H,13,14)/t6-/m0/s1. The summed E-state index contributed by atoms with van der Waals surface area (Å²) in [7, 11) is 0. The van der Waals surface area contributed by atoms with Gasteiger partial charge in [0.05, 0.1) is 5.52 Å². The third-order valence-corrected chi connectivity index (χ3v) is 2.36. The molecule has 74 valence electrons. The lowest BCUT2D eigenvalue weighted by Crippen LogP contribution is -2.18. The number of nitrogens with zero attached hydrogens (tertiary/aromatic N) is 1. The van der Waals surface area contributed by atoms with Gasteiger partial charge in [0.2, 0.25) is 0 Å². The number of hydrogen-bond acceptors (Lipinski definition) is 2. The quantitative estimate of drug-likeness (QED) is 0.796. The first kappa shape index (κ1) is 9.49. The summed E-state index contributed by atoms with van der Waals surface area (Å²) in [5, 5.41) is 8.95. The van der Waals surface area contributed by atoms with Gasteiger partial charge in [-0.25, -0.2) is 0 Å². The molecular weight excluding hydrogens is 198 g/mol. The van der Waals surface area contributed by atoms with E-state index in [4.69, 9.17) is 17.3 Å². The molecule has 3 nitrogen and oxygen atoms in total. The van der Waals surface area contributed by atoms with Crippen LogP contribution in [0.4, 0.5) is 0 Å².